The van der Waals surface area contributed by atoms with Crippen molar-refractivity contribution in [3.05, 3.63) is 17.0 Å². The maximum atomic E-state index is 12.7. The zero-order chi connectivity index (χ0) is 15.6. The highest BCUT2D eigenvalue weighted by Crippen LogP contribution is 2.30. The van der Waals surface area contributed by atoms with E-state index in [-0.39, 0.29) is 5.91 Å². The molecule has 2 fully saturated rings. The summed E-state index contributed by atoms with van der Waals surface area (Å²) in [4.78, 5) is 14.5. The molecular weight excluding hydrogens is 284 g/mol. The monoisotopic (exact) mass is 308 g/mol. The molecule has 2 saturated heterocycles. The van der Waals surface area contributed by atoms with E-state index in [1.54, 1.807) is 0 Å². The molecule has 6 heteroatoms. The molecule has 1 aromatic heterocycles. The van der Waals surface area contributed by atoms with Gasteiger partial charge in [-0.3, -0.25) is 4.79 Å². The first kappa shape index (κ1) is 15.5. The molecule has 0 atom stereocenters. The highest BCUT2D eigenvalue weighted by Gasteiger charge is 2.42. The topological polar surface area (TPSA) is 64.8 Å². The Kier molecular flexibility index (Phi) is 4.49. The molecule has 0 bridgehead atoms. The van der Waals surface area contributed by atoms with Crippen molar-refractivity contribution in [2.24, 2.45) is 0 Å². The van der Waals surface area contributed by atoms with Gasteiger partial charge in [-0.25, -0.2) is 0 Å². The Balaban J connectivity index is 1.70. The van der Waals surface area contributed by atoms with Crippen LogP contribution >= 0.6 is 0 Å². The Hall–Kier alpha value is -1.40. The third-order valence-electron chi connectivity index (χ3n) is 4.52. The molecule has 0 N–H and O–H groups in total. The smallest absolute Gasteiger partial charge is 0.227 e. The first-order valence-electron chi connectivity index (χ1n) is 8.19. The summed E-state index contributed by atoms with van der Waals surface area (Å²) in [6, 6.07) is 0. The molecule has 1 spiro atoms. The number of nitrogens with zero attached hydrogens (tertiary/aromatic N) is 2. The molecule has 6 nitrogen and oxygen atoms in total. The lowest BCUT2D eigenvalue weighted by atomic mass is 10.0. The molecule has 0 unspecified atom stereocenters. The lowest BCUT2D eigenvalue weighted by molar-refractivity contribution is -0.192. The number of amides is 1. The number of piperidine rings is 1. The molecule has 1 aromatic rings. The molecule has 122 valence electrons. The number of aryl methyl sites for hydroxylation is 2. The number of carbonyl (C=O) groups excluding carboxylic acids is 1. The molecule has 2 aliphatic rings. The number of aromatic nitrogens is 1. The third-order valence-corrected chi connectivity index (χ3v) is 4.52. The fraction of sp³-hybridized carbons (Fsp3) is 0.750. The summed E-state index contributed by atoms with van der Waals surface area (Å²) in [7, 11) is 0. The molecule has 3 rings (SSSR count). The van der Waals surface area contributed by atoms with Crippen molar-refractivity contribution in [3.63, 3.8) is 0 Å². The van der Waals surface area contributed by atoms with Crippen molar-refractivity contribution < 1.29 is 18.8 Å². The summed E-state index contributed by atoms with van der Waals surface area (Å²) in [5.41, 5.74) is 1.85. The lowest BCUT2D eigenvalue weighted by Crippen LogP contribution is -2.51. The van der Waals surface area contributed by atoms with Gasteiger partial charge in [0.15, 0.2) is 5.79 Å². The van der Waals surface area contributed by atoms with Crippen LogP contribution in [0.3, 0.4) is 0 Å². The Labute approximate surface area is 130 Å². The summed E-state index contributed by atoms with van der Waals surface area (Å²) in [6.07, 6.45) is 3.67. The highest BCUT2D eigenvalue weighted by atomic mass is 16.7. The van der Waals surface area contributed by atoms with E-state index in [9.17, 15) is 4.79 Å². The van der Waals surface area contributed by atoms with Crippen molar-refractivity contribution in [2.45, 2.75) is 51.7 Å². The van der Waals surface area contributed by atoms with Gasteiger partial charge in [-0.1, -0.05) is 19.0 Å². The molecule has 0 saturated carbocycles. The van der Waals surface area contributed by atoms with Crippen molar-refractivity contribution in [3.8, 4) is 0 Å². The molecule has 0 aromatic carbocycles. The zero-order valence-electron chi connectivity index (χ0n) is 13.4. The van der Waals surface area contributed by atoms with E-state index >= 15 is 0 Å². The Bertz CT molecular complexity index is 513. The van der Waals surface area contributed by atoms with Crippen LogP contribution in [0.5, 0.6) is 0 Å². The van der Waals surface area contributed by atoms with Gasteiger partial charge in [-0.2, -0.15) is 0 Å². The summed E-state index contributed by atoms with van der Waals surface area (Å²) in [5.74, 6) is 0.361. The Morgan fingerprint density at radius 2 is 2.05 bits per heavy atom. The van der Waals surface area contributed by atoms with Crippen LogP contribution in [-0.4, -0.2) is 48.1 Å². The predicted octanol–water partition coefficient (Wildman–Crippen LogP) is 1.71. The molecule has 1 amide bonds. The fourth-order valence-corrected chi connectivity index (χ4v) is 3.33. The standard InChI is InChI=1S/C16H24N2O4/c1-3-13-12(14(4-2)22-17-13)10-15(19)18-7-5-6-16(11-18)20-8-9-21-16/h3-11H2,1-2H3. The highest BCUT2D eigenvalue weighted by molar-refractivity contribution is 5.79. The van der Waals surface area contributed by atoms with Crippen LogP contribution in [0.15, 0.2) is 4.52 Å². The number of hydrogen-bond acceptors (Lipinski definition) is 5. The van der Waals surface area contributed by atoms with Crippen LogP contribution in [0.2, 0.25) is 0 Å². The van der Waals surface area contributed by atoms with Crippen LogP contribution < -0.4 is 0 Å². The van der Waals surface area contributed by atoms with Gasteiger partial charge in [0, 0.05) is 24.9 Å². The minimum atomic E-state index is -0.566. The first-order chi connectivity index (χ1) is 10.7. The number of rotatable bonds is 4. The second-order valence-corrected chi connectivity index (χ2v) is 5.94. The van der Waals surface area contributed by atoms with Crippen molar-refractivity contribution >= 4 is 5.91 Å². The largest absolute Gasteiger partial charge is 0.361 e. The maximum absolute atomic E-state index is 12.7. The van der Waals surface area contributed by atoms with E-state index in [0.29, 0.717) is 26.2 Å². The van der Waals surface area contributed by atoms with Crippen molar-refractivity contribution in [2.75, 3.05) is 26.3 Å². The average molecular weight is 308 g/mol. The Morgan fingerprint density at radius 1 is 1.27 bits per heavy atom. The van der Waals surface area contributed by atoms with Crippen LogP contribution in [0.4, 0.5) is 0 Å². The van der Waals surface area contributed by atoms with Gasteiger partial charge in [0.2, 0.25) is 5.91 Å². The molecule has 2 aliphatic heterocycles. The molecule has 22 heavy (non-hydrogen) atoms. The van der Waals surface area contributed by atoms with Crippen LogP contribution in [-0.2, 0) is 33.5 Å². The van der Waals surface area contributed by atoms with Gasteiger partial charge in [0.25, 0.3) is 0 Å². The quantitative estimate of drug-likeness (QED) is 0.847. The van der Waals surface area contributed by atoms with Gasteiger partial charge in [-0.05, 0) is 12.8 Å². The van der Waals surface area contributed by atoms with Crippen LogP contribution in [0, 0.1) is 0 Å². The van der Waals surface area contributed by atoms with Gasteiger partial charge in [0.05, 0.1) is 31.9 Å². The summed E-state index contributed by atoms with van der Waals surface area (Å²) < 4.78 is 16.8. The number of carbonyl (C=O) groups is 1. The van der Waals surface area contributed by atoms with Gasteiger partial charge >= 0.3 is 0 Å². The lowest BCUT2D eigenvalue weighted by Gasteiger charge is -2.38. The van der Waals surface area contributed by atoms with E-state index in [1.165, 1.54) is 0 Å². The fourth-order valence-electron chi connectivity index (χ4n) is 3.33. The number of ether oxygens (including phenoxy) is 2. The SMILES string of the molecule is CCc1noc(CC)c1CC(=O)N1CCCC2(C1)OCCO2. The van der Waals surface area contributed by atoms with Gasteiger partial charge < -0.3 is 18.9 Å². The van der Waals surface area contributed by atoms with Crippen molar-refractivity contribution in [1.82, 2.24) is 10.1 Å². The zero-order valence-corrected chi connectivity index (χ0v) is 13.4. The second-order valence-electron chi connectivity index (χ2n) is 5.94. The van der Waals surface area contributed by atoms with Gasteiger partial charge in [0.1, 0.15) is 5.76 Å². The maximum Gasteiger partial charge on any atom is 0.227 e. The number of likely N-dealkylation sites (tertiary alicyclic amines) is 1. The van der Waals surface area contributed by atoms with E-state index in [0.717, 1.165) is 49.2 Å². The van der Waals surface area contributed by atoms with E-state index in [1.807, 2.05) is 18.7 Å². The van der Waals surface area contributed by atoms with Crippen LogP contribution in [0.25, 0.3) is 0 Å². The molecule has 0 radical (unpaired) electrons. The minimum Gasteiger partial charge on any atom is -0.361 e. The molecular formula is C16H24N2O4. The third kappa shape index (κ3) is 2.90. The summed E-state index contributed by atoms with van der Waals surface area (Å²) in [6.45, 7) is 6.58. The van der Waals surface area contributed by atoms with E-state index in [2.05, 4.69) is 5.16 Å². The Morgan fingerprint density at radius 3 is 2.73 bits per heavy atom. The summed E-state index contributed by atoms with van der Waals surface area (Å²) in [5, 5.41) is 4.08. The second kappa shape index (κ2) is 6.38. The van der Waals surface area contributed by atoms with E-state index < -0.39 is 5.79 Å². The summed E-state index contributed by atoms with van der Waals surface area (Å²) >= 11 is 0. The van der Waals surface area contributed by atoms with E-state index in [4.69, 9.17) is 14.0 Å². The normalized spacial score (nSPS) is 20.7. The van der Waals surface area contributed by atoms with Crippen molar-refractivity contribution in [1.29, 1.82) is 0 Å². The predicted molar refractivity (Wildman–Crippen MR) is 79.4 cm³/mol. The van der Waals surface area contributed by atoms with Gasteiger partial charge in [-0.15, -0.1) is 0 Å². The average Bonchev–Trinajstić information content (AvgIpc) is 3.14. The number of hydrogen-bond donors (Lipinski definition) is 0. The minimum absolute atomic E-state index is 0.103. The van der Waals surface area contributed by atoms with Crippen LogP contribution in [0.1, 0.15) is 43.7 Å². The molecule has 3 heterocycles. The molecule has 0 aliphatic carbocycles. The first-order valence-corrected chi connectivity index (χ1v) is 8.19.